The first-order chi connectivity index (χ1) is 11.8. The second kappa shape index (κ2) is 6.40. The SMILES string of the molecule is CN(c1ccc2oc(C(=O)NO)cc2c1)S(=O)(=O)c1ccc(Cl)cc1. The summed E-state index contributed by atoms with van der Waals surface area (Å²) in [5, 5.41) is 9.62. The zero-order valence-electron chi connectivity index (χ0n) is 12.9. The number of anilines is 1. The Hall–Kier alpha value is -2.55. The standard InChI is InChI=1S/C16H13ClN2O5S/c1-19(25(22,23)13-5-2-11(17)3-6-13)12-4-7-14-10(8-12)9-15(24-14)16(20)18-21/h2-9,21H,1H3,(H,18,20). The van der Waals surface area contributed by atoms with E-state index in [0.717, 1.165) is 4.31 Å². The molecule has 130 valence electrons. The van der Waals surface area contributed by atoms with Crippen LogP contribution in [0.3, 0.4) is 0 Å². The average Bonchev–Trinajstić information content (AvgIpc) is 3.03. The molecule has 3 aromatic rings. The van der Waals surface area contributed by atoms with Crippen molar-refractivity contribution in [2.75, 3.05) is 11.4 Å². The molecule has 0 bridgehead atoms. The average molecular weight is 381 g/mol. The van der Waals surface area contributed by atoms with Crippen molar-refractivity contribution in [2.24, 2.45) is 0 Å². The number of nitrogens with one attached hydrogen (secondary N) is 1. The number of furan rings is 1. The van der Waals surface area contributed by atoms with Gasteiger partial charge in [0.05, 0.1) is 10.6 Å². The van der Waals surface area contributed by atoms with Gasteiger partial charge in [-0.1, -0.05) is 11.6 Å². The summed E-state index contributed by atoms with van der Waals surface area (Å²) in [6.07, 6.45) is 0. The van der Waals surface area contributed by atoms with Crippen molar-refractivity contribution < 1.29 is 22.8 Å². The van der Waals surface area contributed by atoms with Gasteiger partial charge in [0.2, 0.25) is 0 Å². The topological polar surface area (TPSA) is 99.8 Å². The van der Waals surface area contributed by atoms with Crippen LogP contribution in [0.4, 0.5) is 5.69 Å². The van der Waals surface area contributed by atoms with Crippen LogP contribution in [0.15, 0.2) is 57.8 Å². The van der Waals surface area contributed by atoms with Crippen molar-refractivity contribution in [2.45, 2.75) is 4.90 Å². The molecule has 0 aliphatic heterocycles. The van der Waals surface area contributed by atoms with Crippen molar-refractivity contribution in [3.8, 4) is 0 Å². The van der Waals surface area contributed by atoms with E-state index in [9.17, 15) is 13.2 Å². The second-order valence-electron chi connectivity index (χ2n) is 5.20. The third kappa shape index (κ3) is 3.19. The van der Waals surface area contributed by atoms with Crippen LogP contribution in [0.2, 0.25) is 5.02 Å². The smallest absolute Gasteiger partial charge is 0.310 e. The summed E-state index contributed by atoms with van der Waals surface area (Å²) in [6.45, 7) is 0. The number of carbonyl (C=O) groups is 1. The number of carbonyl (C=O) groups excluding carboxylic acids is 1. The Morgan fingerprint density at radius 3 is 2.48 bits per heavy atom. The minimum atomic E-state index is -3.77. The van der Waals surface area contributed by atoms with E-state index in [0.29, 0.717) is 21.7 Å². The third-order valence-electron chi connectivity index (χ3n) is 3.66. The Morgan fingerprint density at radius 1 is 1.16 bits per heavy atom. The fourth-order valence-electron chi connectivity index (χ4n) is 2.30. The number of rotatable bonds is 4. The first-order valence-corrected chi connectivity index (χ1v) is 8.87. The molecule has 0 spiro atoms. The Labute approximate surface area is 148 Å². The zero-order valence-corrected chi connectivity index (χ0v) is 14.5. The van der Waals surface area contributed by atoms with Crippen LogP contribution < -0.4 is 9.79 Å². The highest BCUT2D eigenvalue weighted by Crippen LogP contribution is 2.28. The fourth-order valence-corrected chi connectivity index (χ4v) is 3.61. The monoisotopic (exact) mass is 380 g/mol. The first kappa shape index (κ1) is 17.3. The molecule has 2 aromatic carbocycles. The largest absolute Gasteiger partial charge is 0.451 e. The molecule has 7 nitrogen and oxygen atoms in total. The molecule has 25 heavy (non-hydrogen) atoms. The van der Waals surface area contributed by atoms with Crippen LogP contribution in [0.25, 0.3) is 11.0 Å². The molecular formula is C16H13ClN2O5S. The third-order valence-corrected chi connectivity index (χ3v) is 5.71. The van der Waals surface area contributed by atoms with Gasteiger partial charge < -0.3 is 4.42 Å². The van der Waals surface area contributed by atoms with Crippen LogP contribution in [-0.4, -0.2) is 26.6 Å². The van der Waals surface area contributed by atoms with Gasteiger partial charge in [0, 0.05) is 17.5 Å². The van der Waals surface area contributed by atoms with Crippen LogP contribution >= 0.6 is 11.6 Å². The van der Waals surface area contributed by atoms with Crippen LogP contribution in [0.5, 0.6) is 0 Å². The lowest BCUT2D eigenvalue weighted by molar-refractivity contribution is 0.0678. The highest BCUT2D eigenvalue weighted by Gasteiger charge is 2.22. The summed E-state index contributed by atoms with van der Waals surface area (Å²) in [4.78, 5) is 11.5. The number of sulfonamides is 1. The molecule has 1 amide bonds. The molecule has 1 heterocycles. The van der Waals surface area contributed by atoms with E-state index in [4.69, 9.17) is 21.2 Å². The van der Waals surface area contributed by atoms with Crippen molar-refractivity contribution in [1.82, 2.24) is 5.48 Å². The van der Waals surface area contributed by atoms with Gasteiger partial charge in [-0.15, -0.1) is 0 Å². The predicted molar refractivity (Wildman–Crippen MR) is 92.5 cm³/mol. The van der Waals surface area contributed by atoms with Crippen LogP contribution in [-0.2, 0) is 10.0 Å². The molecule has 0 aliphatic carbocycles. The van der Waals surface area contributed by atoms with Crippen molar-refractivity contribution in [3.63, 3.8) is 0 Å². The number of hydrogen-bond acceptors (Lipinski definition) is 5. The molecule has 0 saturated heterocycles. The van der Waals surface area contributed by atoms with E-state index in [2.05, 4.69) is 0 Å². The Morgan fingerprint density at radius 2 is 1.84 bits per heavy atom. The maximum absolute atomic E-state index is 12.7. The number of amides is 1. The van der Waals surface area contributed by atoms with Gasteiger partial charge in [-0.05, 0) is 48.5 Å². The fraction of sp³-hybridized carbons (Fsp3) is 0.0625. The molecule has 0 atom stereocenters. The molecule has 1 aromatic heterocycles. The number of benzene rings is 2. The van der Waals surface area contributed by atoms with Crippen molar-refractivity contribution in [3.05, 3.63) is 59.3 Å². The molecule has 0 saturated carbocycles. The normalized spacial score (nSPS) is 11.5. The molecule has 9 heteroatoms. The van der Waals surface area contributed by atoms with Gasteiger partial charge in [0.15, 0.2) is 5.76 Å². The summed E-state index contributed by atoms with van der Waals surface area (Å²) in [5.41, 5.74) is 2.26. The van der Waals surface area contributed by atoms with Gasteiger partial charge in [0.25, 0.3) is 10.0 Å². The van der Waals surface area contributed by atoms with E-state index in [1.54, 1.807) is 18.2 Å². The number of hydrogen-bond donors (Lipinski definition) is 2. The quantitative estimate of drug-likeness (QED) is 0.535. The van der Waals surface area contributed by atoms with E-state index in [1.165, 1.54) is 42.9 Å². The Bertz CT molecular complexity index is 1040. The van der Waals surface area contributed by atoms with Crippen molar-refractivity contribution in [1.29, 1.82) is 0 Å². The molecule has 2 N–H and O–H groups in total. The zero-order chi connectivity index (χ0) is 18.2. The Kier molecular flexibility index (Phi) is 4.42. The summed E-state index contributed by atoms with van der Waals surface area (Å²) in [5.74, 6) is -0.877. The lowest BCUT2D eigenvalue weighted by Crippen LogP contribution is -2.26. The number of halogens is 1. The highest BCUT2D eigenvalue weighted by atomic mass is 35.5. The van der Waals surface area contributed by atoms with Crippen molar-refractivity contribution >= 4 is 44.2 Å². The van der Waals surface area contributed by atoms with Gasteiger partial charge in [-0.25, -0.2) is 13.9 Å². The number of hydroxylamine groups is 1. The number of nitrogens with zero attached hydrogens (tertiary/aromatic N) is 1. The predicted octanol–water partition coefficient (Wildman–Crippen LogP) is 3.03. The lowest BCUT2D eigenvalue weighted by Gasteiger charge is -2.19. The summed E-state index contributed by atoms with van der Waals surface area (Å²) < 4.78 is 31.8. The molecule has 0 unspecified atom stereocenters. The second-order valence-corrected chi connectivity index (χ2v) is 7.61. The highest BCUT2D eigenvalue weighted by molar-refractivity contribution is 7.92. The molecule has 3 rings (SSSR count). The number of fused-ring (bicyclic) bond motifs is 1. The molecular weight excluding hydrogens is 368 g/mol. The van der Waals surface area contributed by atoms with Gasteiger partial charge >= 0.3 is 5.91 Å². The lowest BCUT2D eigenvalue weighted by atomic mass is 10.2. The molecule has 0 fully saturated rings. The van der Waals surface area contributed by atoms with Gasteiger partial charge in [-0.3, -0.25) is 14.3 Å². The minimum absolute atomic E-state index is 0.0853. The van der Waals surface area contributed by atoms with E-state index < -0.39 is 15.9 Å². The van der Waals surface area contributed by atoms with E-state index in [1.807, 2.05) is 0 Å². The molecule has 0 radical (unpaired) electrons. The first-order valence-electron chi connectivity index (χ1n) is 7.05. The summed E-state index contributed by atoms with van der Waals surface area (Å²) in [6, 6.07) is 11.9. The van der Waals surface area contributed by atoms with Crippen LogP contribution in [0, 0.1) is 0 Å². The van der Waals surface area contributed by atoms with E-state index in [-0.39, 0.29) is 10.7 Å². The summed E-state index contributed by atoms with van der Waals surface area (Å²) >= 11 is 5.79. The maximum Gasteiger partial charge on any atom is 0.310 e. The summed E-state index contributed by atoms with van der Waals surface area (Å²) in [7, 11) is -2.34. The van der Waals surface area contributed by atoms with Gasteiger partial charge in [0.1, 0.15) is 5.58 Å². The minimum Gasteiger partial charge on any atom is -0.451 e. The molecule has 0 aliphatic rings. The maximum atomic E-state index is 12.7. The van der Waals surface area contributed by atoms with E-state index >= 15 is 0 Å². The Balaban J connectivity index is 2.00. The van der Waals surface area contributed by atoms with Crippen LogP contribution in [0.1, 0.15) is 10.6 Å². The van der Waals surface area contributed by atoms with Gasteiger partial charge in [-0.2, -0.15) is 0 Å².